The van der Waals surface area contributed by atoms with Gasteiger partial charge in [0.05, 0.1) is 22.4 Å². The second-order valence-corrected chi connectivity index (χ2v) is 8.13. The maximum Gasteiger partial charge on any atom is 0.269 e. The van der Waals surface area contributed by atoms with Gasteiger partial charge in [0.25, 0.3) is 11.8 Å². The van der Waals surface area contributed by atoms with Gasteiger partial charge in [-0.15, -0.1) is 0 Å². The number of aryl methyl sites for hydroxylation is 1. The molecular formula is C29H22N4O2. The van der Waals surface area contributed by atoms with Crippen LogP contribution in [-0.2, 0) is 0 Å². The standard InChI is InChI=1S/C29H22N4O2/c1-19-12-14-22(15-13-19)28(34)32-33-29(35)23-16-17-24-25(18-23)31-27(21-10-6-3-7-11-21)26(30-24)20-8-4-2-5-9-20/h2-18H,1H3,(H,32,34)(H,33,35). The molecule has 0 aliphatic carbocycles. The predicted octanol–water partition coefficient (Wildman–Crippen LogP) is 5.35. The molecule has 35 heavy (non-hydrogen) atoms. The van der Waals surface area contributed by atoms with Crippen LogP contribution in [0.25, 0.3) is 33.5 Å². The van der Waals surface area contributed by atoms with E-state index in [1.807, 2.05) is 79.7 Å². The molecule has 5 aromatic rings. The summed E-state index contributed by atoms with van der Waals surface area (Å²) in [7, 11) is 0. The van der Waals surface area contributed by atoms with Crippen LogP contribution >= 0.6 is 0 Å². The van der Waals surface area contributed by atoms with Gasteiger partial charge in [0.2, 0.25) is 0 Å². The first kappa shape index (κ1) is 22.0. The van der Waals surface area contributed by atoms with E-state index in [1.54, 1.807) is 30.3 Å². The van der Waals surface area contributed by atoms with Gasteiger partial charge >= 0.3 is 0 Å². The van der Waals surface area contributed by atoms with Crippen molar-refractivity contribution in [2.24, 2.45) is 0 Å². The summed E-state index contributed by atoms with van der Waals surface area (Å²) >= 11 is 0. The smallest absolute Gasteiger partial charge is 0.267 e. The monoisotopic (exact) mass is 458 g/mol. The Labute approximate surface area is 202 Å². The summed E-state index contributed by atoms with van der Waals surface area (Å²) in [5, 5.41) is 0. The van der Waals surface area contributed by atoms with E-state index in [0.29, 0.717) is 22.2 Å². The van der Waals surface area contributed by atoms with Gasteiger partial charge in [-0.3, -0.25) is 20.4 Å². The fraction of sp³-hybridized carbons (Fsp3) is 0.0345. The molecule has 0 aliphatic heterocycles. The van der Waals surface area contributed by atoms with E-state index in [9.17, 15) is 9.59 Å². The zero-order chi connectivity index (χ0) is 24.2. The summed E-state index contributed by atoms with van der Waals surface area (Å²) < 4.78 is 0. The number of hydrogen-bond acceptors (Lipinski definition) is 4. The molecule has 1 aromatic heterocycles. The Balaban J connectivity index is 1.46. The molecule has 0 aliphatic rings. The van der Waals surface area contributed by atoms with E-state index < -0.39 is 11.8 Å². The van der Waals surface area contributed by atoms with Crippen LogP contribution in [-0.4, -0.2) is 21.8 Å². The van der Waals surface area contributed by atoms with Gasteiger partial charge < -0.3 is 0 Å². The second-order valence-electron chi connectivity index (χ2n) is 8.13. The maximum absolute atomic E-state index is 12.7. The van der Waals surface area contributed by atoms with E-state index in [4.69, 9.17) is 9.97 Å². The summed E-state index contributed by atoms with van der Waals surface area (Å²) in [6.07, 6.45) is 0. The minimum absolute atomic E-state index is 0.363. The van der Waals surface area contributed by atoms with Crippen molar-refractivity contribution in [3.63, 3.8) is 0 Å². The quantitative estimate of drug-likeness (QED) is 0.356. The highest BCUT2D eigenvalue weighted by molar-refractivity contribution is 6.01. The highest BCUT2D eigenvalue weighted by atomic mass is 16.2. The van der Waals surface area contributed by atoms with Crippen molar-refractivity contribution in [1.29, 1.82) is 0 Å². The van der Waals surface area contributed by atoms with Gasteiger partial charge in [-0.1, -0.05) is 78.4 Å². The molecule has 0 unspecified atom stereocenters. The summed E-state index contributed by atoms with van der Waals surface area (Å²) in [6, 6.07) is 31.9. The summed E-state index contributed by atoms with van der Waals surface area (Å²) in [6.45, 7) is 1.94. The molecule has 0 saturated carbocycles. The van der Waals surface area contributed by atoms with Crippen LogP contribution < -0.4 is 10.9 Å². The van der Waals surface area contributed by atoms with Crippen molar-refractivity contribution < 1.29 is 9.59 Å². The molecular weight excluding hydrogens is 436 g/mol. The lowest BCUT2D eigenvalue weighted by molar-refractivity contribution is 0.0847. The van der Waals surface area contributed by atoms with Gasteiger partial charge in [-0.05, 0) is 37.3 Å². The molecule has 0 radical (unpaired) electrons. The number of hydrogen-bond donors (Lipinski definition) is 2. The number of fused-ring (bicyclic) bond motifs is 1. The molecule has 1 heterocycles. The first-order valence-electron chi connectivity index (χ1n) is 11.2. The summed E-state index contributed by atoms with van der Waals surface area (Å²) in [5.41, 5.74) is 11.5. The van der Waals surface area contributed by atoms with Crippen molar-refractivity contribution >= 4 is 22.8 Å². The number of nitrogens with one attached hydrogen (secondary N) is 2. The van der Waals surface area contributed by atoms with Gasteiger partial charge in [0, 0.05) is 22.3 Å². The Hall–Kier alpha value is -4.84. The average Bonchev–Trinajstić information content (AvgIpc) is 2.92. The normalized spacial score (nSPS) is 10.7. The van der Waals surface area contributed by atoms with E-state index in [-0.39, 0.29) is 0 Å². The molecule has 5 rings (SSSR count). The Morgan fingerprint density at radius 2 is 1.06 bits per heavy atom. The third kappa shape index (κ3) is 4.77. The Kier molecular flexibility index (Phi) is 6.01. The molecule has 4 aromatic carbocycles. The third-order valence-corrected chi connectivity index (χ3v) is 5.62. The van der Waals surface area contributed by atoms with Crippen molar-refractivity contribution in [1.82, 2.24) is 20.8 Å². The number of carbonyl (C=O) groups excluding carboxylic acids is 2. The van der Waals surface area contributed by atoms with Crippen LogP contribution in [0.15, 0.2) is 103 Å². The fourth-order valence-corrected chi connectivity index (χ4v) is 3.75. The second kappa shape index (κ2) is 9.57. The number of nitrogens with zero attached hydrogens (tertiary/aromatic N) is 2. The van der Waals surface area contributed by atoms with Crippen LogP contribution in [0, 0.1) is 6.92 Å². The number of rotatable bonds is 4. The SMILES string of the molecule is Cc1ccc(C(=O)NNC(=O)c2ccc3nc(-c4ccccc4)c(-c4ccccc4)nc3c2)cc1. The lowest BCUT2D eigenvalue weighted by atomic mass is 10.0. The third-order valence-electron chi connectivity index (χ3n) is 5.62. The van der Waals surface area contributed by atoms with Crippen molar-refractivity contribution in [2.45, 2.75) is 6.92 Å². The zero-order valence-corrected chi connectivity index (χ0v) is 19.0. The molecule has 2 amide bonds. The number of benzene rings is 4. The highest BCUT2D eigenvalue weighted by Gasteiger charge is 2.15. The van der Waals surface area contributed by atoms with Gasteiger partial charge in [-0.25, -0.2) is 9.97 Å². The minimum Gasteiger partial charge on any atom is -0.267 e. The molecule has 170 valence electrons. The number of carbonyl (C=O) groups is 2. The zero-order valence-electron chi connectivity index (χ0n) is 19.0. The largest absolute Gasteiger partial charge is 0.269 e. The molecule has 0 bridgehead atoms. The molecule has 0 fully saturated rings. The molecule has 6 heteroatoms. The minimum atomic E-state index is -0.442. The van der Waals surface area contributed by atoms with Gasteiger partial charge in [0.15, 0.2) is 0 Å². The maximum atomic E-state index is 12.7. The first-order valence-corrected chi connectivity index (χ1v) is 11.2. The van der Waals surface area contributed by atoms with E-state index in [1.165, 1.54) is 0 Å². The first-order chi connectivity index (χ1) is 17.1. The Morgan fingerprint density at radius 1 is 0.571 bits per heavy atom. The highest BCUT2D eigenvalue weighted by Crippen LogP contribution is 2.31. The van der Waals surface area contributed by atoms with Crippen LogP contribution in [0.5, 0.6) is 0 Å². The van der Waals surface area contributed by atoms with Gasteiger partial charge in [-0.2, -0.15) is 0 Å². The van der Waals surface area contributed by atoms with Crippen LogP contribution in [0.1, 0.15) is 26.3 Å². The lowest BCUT2D eigenvalue weighted by Crippen LogP contribution is -2.41. The van der Waals surface area contributed by atoms with E-state index >= 15 is 0 Å². The summed E-state index contributed by atoms with van der Waals surface area (Å²) in [4.78, 5) is 34.8. The van der Waals surface area contributed by atoms with Crippen LogP contribution in [0.4, 0.5) is 0 Å². The molecule has 6 nitrogen and oxygen atoms in total. The fourth-order valence-electron chi connectivity index (χ4n) is 3.75. The summed E-state index contributed by atoms with van der Waals surface area (Å²) in [5.74, 6) is -0.833. The number of hydrazine groups is 1. The average molecular weight is 459 g/mol. The number of amides is 2. The van der Waals surface area contributed by atoms with E-state index in [0.717, 1.165) is 28.1 Å². The van der Waals surface area contributed by atoms with Crippen LogP contribution in [0.3, 0.4) is 0 Å². The van der Waals surface area contributed by atoms with Crippen molar-refractivity contribution in [2.75, 3.05) is 0 Å². The Morgan fingerprint density at radius 3 is 1.63 bits per heavy atom. The topological polar surface area (TPSA) is 84.0 Å². The van der Waals surface area contributed by atoms with E-state index in [2.05, 4.69) is 10.9 Å². The lowest BCUT2D eigenvalue weighted by Gasteiger charge is -2.12. The molecule has 0 saturated heterocycles. The van der Waals surface area contributed by atoms with Crippen molar-refractivity contribution in [3.05, 3.63) is 120 Å². The van der Waals surface area contributed by atoms with Gasteiger partial charge in [0.1, 0.15) is 0 Å². The van der Waals surface area contributed by atoms with Crippen molar-refractivity contribution in [3.8, 4) is 22.5 Å². The molecule has 0 spiro atoms. The number of aromatic nitrogens is 2. The molecule has 2 N–H and O–H groups in total. The van der Waals surface area contributed by atoms with Crippen LogP contribution in [0.2, 0.25) is 0 Å². The Bertz CT molecular complexity index is 1520. The molecule has 0 atom stereocenters. The predicted molar refractivity (Wildman–Crippen MR) is 137 cm³/mol.